The van der Waals surface area contributed by atoms with Gasteiger partial charge in [0.2, 0.25) is 5.95 Å². The van der Waals surface area contributed by atoms with Gasteiger partial charge in [-0.1, -0.05) is 48.4 Å². The summed E-state index contributed by atoms with van der Waals surface area (Å²) in [6.07, 6.45) is 10.4. The number of anilines is 1. The number of fused-ring (bicyclic) bond motifs is 1. The molecule has 2 aromatic rings. The third-order valence-electron chi connectivity index (χ3n) is 4.88. The van der Waals surface area contributed by atoms with Gasteiger partial charge in [-0.15, -0.1) is 0 Å². The number of nitrogens with two attached hydrogens (primary N) is 1. The van der Waals surface area contributed by atoms with E-state index < -0.39 is 0 Å². The average Bonchev–Trinajstić information content (AvgIpc) is 3.11. The van der Waals surface area contributed by atoms with Gasteiger partial charge in [-0.2, -0.15) is 0 Å². The van der Waals surface area contributed by atoms with Crippen molar-refractivity contribution in [3.8, 4) is 17.0 Å². The van der Waals surface area contributed by atoms with Crippen molar-refractivity contribution in [2.75, 3.05) is 12.3 Å². The molecule has 2 aliphatic rings. The summed E-state index contributed by atoms with van der Waals surface area (Å²) in [5, 5.41) is 3.68. The van der Waals surface area contributed by atoms with Gasteiger partial charge >= 0.3 is 6.03 Å². The molecule has 1 aliphatic heterocycles. The van der Waals surface area contributed by atoms with Crippen LogP contribution in [0.15, 0.2) is 48.2 Å². The monoisotopic (exact) mass is 457 g/mol. The van der Waals surface area contributed by atoms with Gasteiger partial charge in [-0.3, -0.25) is 0 Å². The van der Waals surface area contributed by atoms with E-state index in [0.29, 0.717) is 52.4 Å². The first-order chi connectivity index (χ1) is 15.0. The maximum Gasteiger partial charge on any atom is 0.322 e. The molecule has 0 saturated heterocycles. The summed E-state index contributed by atoms with van der Waals surface area (Å²) in [4.78, 5) is 23.1. The molecule has 1 aliphatic carbocycles. The molecule has 0 spiro atoms. The van der Waals surface area contributed by atoms with Crippen molar-refractivity contribution < 1.29 is 9.53 Å². The molecule has 3 N–H and O–H groups in total. The highest BCUT2D eigenvalue weighted by molar-refractivity contribution is 6.37. The molecule has 1 aromatic carbocycles. The topological polar surface area (TPSA) is 93.4 Å². The van der Waals surface area contributed by atoms with E-state index in [1.165, 1.54) is 0 Å². The highest BCUT2D eigenvalue weighted by Crippen LogP contribution is 2.42. The first-order valence-electron chi connectivity index (χ1n) is 9.83. The average molecular weight is 458 g/mol. The van der Waals surface area contributed by atoms with Gasteiger partial charge in [-0.05, 0) is 30.7 Å². The second-order valence-corrected chi connectivity index (χ2v) is 7.92. The summed E-state index contributed by atoms with van der Waals surface area (Å²) < 4.78 is 5.94. The second kappa shape index (κ2) is 8.99. The third kappa shape index (κ3) is 4.52. The van der Waals surface area contributed by atoms with Crippen LogP contribution in [0, 0.1) is 0 Å². The zero-order valence-corrected chi connectivity index (χ0v) is 18.4. The Morgan fingerprint density at radius 3 is 2.81 bits per heavy atom. The molecule has 31 heavy (non-hydrogen) atoms. The van der Waals surface area contributed by atoms with Gasteiger partial charge in [-0.25, -0.2) is 14.8 Å². The normalized spacial score (nSPS) is 14.4. The number of rotatable bonds is 6. The zero-order chi connectivity index (χ0) is 22.0. The molecule has 2 heterocycles. The molecule has 0 radical (unpaired) electrons. The number of nitrogens with zero attached hydrogens (tertiary/aromatic N) is 3. The number of ether oxygens (including phenoxy) is 1. The number of halogens is 2. The Morgan fingerprint density at radius 1 is 1.29 bits per heavy atom. The number of hydrogen-bond acceptors (Lipinski definition) is 5. The van der Waals surface area contributed by atoms with Crippen LogP contribution in [0.5, 0.6) is 5.75 Å². The Balaban J connectivity index is 1.69. The van der Waals surface area contributed by atoms with Crippen LogP contribution in [0.4, 0.5) is 10.7 Å². The summed E-state index contributed by atoms with van der Waals surface area (Å²) in [6.45, 7) is 3.04. The summed E-state index contributed by atoms with van der Waals surface area (Å²) >= 11 is 12.8. The predicted molar refractivity (Wildman–Crippen MR) is 122 cm³/mol. The number of allylic oxidation sites excluding steroid dienone is 4. The Morgan fingerprint density at radius 2 is 2.10 bits per heavy atom. The standard InChI is InChI=1S/C22H21Cl2N5O2/c1-2-3-4-8-31-18-10-13(23)9-16(24)19(18)20-15-11-29(12-17(15)27-21(25)28-20)22(30)26-14-6-5-7-14/h3-7,9-10H,2,8,11-12H2,1H3,(H,26,30)(H2,25,27,28)/b4-3+. The summed E-state index contributed by atoms with van der Waals surface area (Å²) in [5.41, 5.74) is 9.33. The van der Waals surface area contributed by atoms with Crippen LogP contribution >= 0.6 is 23.2 Å². The SMILES string of the molecule is CC/C=C/COc1cc(Cl)cc(Cl)c1-c1nc(N)nc2c1CN(C(=O)NC1=CC=C1)C2. The number of amides is 2. The molecule has 1 aromatic heterocycles. The molecule has 0 unspecified atom stereocenters. The van der Waals surface area contributed by atoms with Crippen LogP contribution in [-0.4, -0.2) is 27.5 Å². The summed E-state index contributed by atoms with van der Waals surface area (Å²) in [5.74, 6) is 0.592. The molecule has 0 saturated carbocycles. The molecule has 4 rings (SSSR count). The van der Waals surface area contributed by atoms with Gasteiger partial charge in [0, 0.05) is 16.3 Å². The Bertz CT molecular complexity index is 1130. The first kappa shape index (κ1) is 21.2. The van der Waals surface area contributed by atoms with Crippen LogP contribution in [-0.2, 0) is 13.1 Å². The molecule has 160 valence electrons. The lowest BCUT2D eigenvalue weighted by molar-refractivity contribution is 0.201. The van der Waals surface area contributed by atoms with Crippen molar-refractivity contribution >= 4 is 35.2 Å². The van der Waals surface area contributed by atoms with E-state index in [2.05, 4.69) is 15.3 Å². The number of benzene rings is 1. The molecule has 0 bridgehead atoms. The summed E-state index contributed by atoms with van der Waals surface area (Å²) in [6, 6.07) is 3.11. The first-order valence-corrected chi connectivity index (χ1v) is 10.6. The Hall–Kier alpha value is -3.03. The number of carbonyl (C=O) groups excluding carboxylic acids is 1. The van der Waals surface area contributed by atoms with E-state index in [1.807, 2.05) is 37.3 Å². The fraction of sp³-hybridized carbons (Fsp3) is 0.227. The minimum Gasteiger partial charge on any atom is -0.489 e. The quantitative estimate of drug-likeness (QED) is 0.604. The molecular weight excluding hydrogens is 437 g/mol. The van der Waals surface area contributed by atoms with Crippen LogP contribution in [0.25, 0.3) is 11.3 Å². The lowest BCUT2D eigenvalue weighted by atomic mass is 10.0. The van der Waals surface area contributed by atoms with E-state index in [0.717, 1.165) is 17.7 Å². The van der Waals surface area contributed by atoms with E-state index >= 15 is 0 Å². The van der Waals surface area contributed by atoms with E-state index in [9.17, 15) is 4.79 Å². The predicted octanol–water partition coefficient (Wildman–Crippen LogP) is 4.86. The number of nitrogen functional groups attached to an aromatic ring is 1. The minimum absolute atomic E-state index is 0.100. The van der Waals surface area contributed by atoms with E-state index in [-0.39, 0.29) is 12.0 Å². The fourth-order valence-corrected chi connectivity index (χ4v) is 3.93. The highest BCUT2D eigenvalue weighted by Gasteiger charge is 2.31. The maximum atomic E-state index is 12.6. The number of urea groups is 1. The summed E-state index contributed by atoms with van der Waals surface area (Å²) in [7, 11) is 0. The van der Waals surface area contributed by atoms with Gasteiger partial charge < -0.3 is 20.7 Å². The van der Waals surface area contributed by atoms with Crippen LogP contribution < -0.4 is 15.8 Å². The van der Waals surface area contributed by atoms with Crippen molar-refractivity contribution in [2.24, 2.45) is 0 Å². The van der Waals surface area contributed by atoms with E-state index in [1.54, 1.807) is 17.0 Å². The molecular formula is C22H21Cl2N5O2. The minimum atomic E-state index is -0.221. The molecule has 7 nitrogen and oxygen atoms in total. The number of aromatic nitrogens is 2. The zero-order valence-electron chi connectivity index (χ0n) is 16.9. The molecule has 2 amide bonds. The van der Waals surface area contributed by atoms with Crippen LogP contribution in [0.1, 0.15) is 24.6 Å². The maximum absolute atomic E-state index is 12.6. The van der Waals surface area contributed by atoms with Crippen molar-refractivity contribution in [1.29, 1.82) is 0 Å². The Kier molecular flexibility index (Phi) is 6.15. The van der Waals surface area contributed by atoms with Crippen molar-refractivity contribution in [1.82, 2.24) is 20.2 Å². The smallest absolute Gasteiger partial charge is 0.322 e. The molecule has 9 heteroatoms. The van der Waals surface area contributed by atoms with Gasteiger partial charge in [0.25, 0.3) is 0 Å². The third-order valence-corrected chi connectivity index (χ3v) is 5.40. The number of nitrogens with one attached hydrogen (secondary N) is 1. The van der Waals surface area contributed by atoms with Crippen LogP contribution in [0.3, 0.4) is 0 Å². The van der Waals surface area contributed by atoms with Crippen molar-refractivity contribution in [3.05, 3.63) is 69.5 Å². The Labute approximate surface area is 190 Å². The van der Waals surface area contributed by atoms with Crippen molar-refractivity contribution in [2.45, 2.75) is 26.4 Å². The lowest BCUT2D eigenvalue weighted by Crippen LogP contribution is -2.36. The largest absolute Gasteiger partial charge is 0.489 e. The second-order valence-electron chi connectivity index (χ2n) is 7.07. The highest BCUT2D eigenvalue weighted by atomic mass is 35.5. The lowest BCUT2D eigenvalue weighted by Gasteiger charge is -2.18. The fourth-order valence-electron chi connectivity index (χ4n) is 3.37. The van der Waals surface area contributed by atoms with Gasteiger partial charge in [0.05, 0.1) is 35.1 Å². The number of carbonyl (C=O) groups is 1. The van der Waals surface area contributed by atoms with Crippen LogP contribution in [0.2, 0.25) is 10.0 Å². The van der Waals surface area contributed by atoms with Crippen molar-refractivity contribution in [3.63, 3.8) is 0 Å². The molecule has 0 fully saturated rings. The molecule has 0 atom stereocenters. The van der Waals surface area contributed by atoms with E-state index in [4.69, 9.17) is 33.7 Å². The number of hydrogen-bond donors (Lipinski definition) is 2. The van der Waals surface area contributed by atoms with Gasteiger partial charge in [0.1, 0.15) is 12.4 Å². The van der Waals surface area contributed by atoms with Gasteiger partial charge in [0.15, 0.2) is 0 Å².